The lowest BCUT2D eigenvalue weighted by molar-refractivity contribution is -0.159. The Hall–Kier alpha value is -3.13. The summed E-state index contributed by atoms with van der Waals surface area (Å²) in [4.78, 5) is 7.61. The first-order chi connectivity index (χ1) is 15.7. The van der Waals surface area contributed by atoms with Crippen molar-refractivity contribution in [3.63, 3.8) is 0 Å². The van der Waals surface area contributed by atoms with Crippen LogP contribution in [0.3, 0.4) is 0 Å². The number of halogens is 7. The molecule has 0 bridgehead atoms. The number of alkyl halides is 6. The van der Waals surface area contributed by atoms with Crippen LogP contribution in [0.5, 0.6) is 0 Å². The number of rotatable bonds is 4. The normalized spacial score (nSPS) is 14.4. The Labute approximate surface area is 192 Å². The Balaban J connectivity index is 1.60. The van der Waals surface area contributed by atoms with E-state index < -0.39 is 38.6 Å². The molecule has 4 rings (SSSR count). The summed E-state index contributed by atoms with van der Waals surface area (Å²) in [5, 5.41) is 2.75. The van der Waals surface area contributed by atoms with Crippen LogP contribution in [-0.4, -0.2) is 30.0 Å². The maximum absolute atomic E-state index is 13.0. The number of aromatic nitrogens is 4. The summed E-state index contributed by atoms with van der Waals surface area (Å²) in [5.74, 6) is -1.91. The smallest absolute Gasteiger partial charge is 0.329 e. The largest absolute Gasteiger partial charge is 0.471 e. The molecule has 0 saturated carbocycles. The van der Waals surface area contributed by atoms with Gasteiger partial charge >= 0.3 is 18.2 Å². The van der Waals surface area contributed by atoms with Gasteiger partial charge in [-0.1, -0.05) is 16.8 Å². The highest BCUT2D eigenvalue weighted by Gasteiger charge is 2.38. The van der Waals surface area contributed by atoms with E-state index >= 15 is 0 Å². The maximum atomic E-state index is 13.0. The summed E-state index contributed by atoms with van der Waals surface area (Å²) in [6, 6.07) is 5.73. The fourth-order valence-electron chi connectivity index (χ4n) is 3.02. The molecule has 0 aliphatic rings. The van der Waals surface area contributed by atoms with Gasteiger partial charge in [0.1, 0.15) is 5.65 Å². The molecule has 0 aliphatic carbocycles. The minimum atomic E-state index is -4.78. The second kappa shape index (κ2) is 8.27. The summed E-state index contributed by atoms with van der Waals surface area (Å²) in [7, 11) is -2.98. The SMILES string of the molecule is CS(=O)(Cc1cn2cc(-c3noc(C(F)(F)F)n3)ccc2n1)=Nc1ccc(C(F)(F)F)c(Cl)c1. The number of pyridine rings is 1. The average molecular weight is 524 g/mol. The third kappa shape index (κ3) is 5.17. The fraction of sp³-hybridized carbons (Fsp3) is 0.211. The molecule has 0 fully saturated rings. The van der Waals surface area contributed by atoms with Crippen LogP contribution in [0.25, 0.3) is 17.0 Å². The van der Waals surface area contributed by atoms with Crippen molar-refractivity contribution in [1.29, 1.82) is 0 Å². The van der Waals surface area contributed by atoms with Gasteiger partial charge < -0.3 is 8.92 Å². The molecule has 1 atom stereocenters. The molecule has 7 nitrogen and oxygen atoms in total. The highest BCUT2D eigenvalue weighted by atomic mass is 35.5. The van der Waals surface area contributed by atoms with E-state index in [0.717, 1.165) is 18.2 Å². The number of hydrogen-bond donors (Lipinski definition) is 0. The molecule has 4 aromatic rings. The lowest BCUT2D eigenvalue weighted by atomic mass is 10.2. The fourth-order valence-corrected chi connectivity index (χ4v) is 4.62. The Morgan fingerprint density at radius 2 is 1.79 bits per heavy atom. The second-order valence-electron chi connectivity index (χ2n) is 7.19. The summed E-state index contributed by atoms with van der Waals surface area (Å²) in [6.07, 6.45) is -5.19. The van der Waals surface area contributed by atoms with E-state index in [1.165, 1.54) is 35.2 Å². The van der Waals surface area contributed by atoms with E-state index in [0.29, 0.717) is 11.3 Å². The van der Waals surface area contributed by atoms with Gasteiger partial charge in [-0.15, -0.1) is 0 Å². The van der Waals surface area contributed by atoms with E-state index in [1.54, 1.807) is 0 Å². The van der Waals surface area contributed by atoms with Crippen molar-refractivity contribution in [2.75, 3.05) is 6.26 Å². The van der Waals surface area contributed by atoms with Gasteiger partial charge in [-0.2, -0.15) is 35.7 Å². The van der Waals surface area contributed by atoms with E-state index in [-0.39, 0.29) is 22.8 Å². The van der Waals surface area contributed by atoms with Gasteiger partial charge in [-0.3, -0.25) is 0 Å². The summed E-state index contributed by atoms with van der Waals surface area (Å²) in [5.41, 5.74) is -0.0801. The van der Waals surface area contributed by atoms with Crippen molar-refractivity contribution < 1.29 is 35.1 Å². The van der Waals surface area contributed by atoms with E-state index in [9.17, 15) is 30.6 Å². The number of fused-ring (bicyclic) bond motifs is 1. The average Bonchev–Trinajstić information content (AvgIpc) is 3.32. The first-order valence-electron chi connectivity index (χ1n) is 9.17. The van der Waals surface area contributed by atoms with Crippen LogP contribution in [0.15, 0.2) is 51.6 Å². The molecule has 3 aromatic heterocycles. The standard InChI is InChI=1S/C19H12ClF6N5O2S/c1-34(32,30-11-3-4-13(14(20)6-11)18(21,22)23)9-12-8-31-7-10(2-5-15(31)27-12)16-28-17(33-29-16)19(24,25)26/h2-8H,9H2,1H3. The van der Waals surface area contributed by atoms with Gasteiger partial charge in [0.2, 0.25) is 5.82 Å². The molecule has 0 amide bonds. The highest BCUT2D eigenvalue weighted by molar-refractivity contribution is 7.92. The lowest BCUT2D eigenvalue weighted by Gasteiger charge is -2.09. The topological polar surface area (TPSA) is 85.7 Å². The zero-order chi connectivity index (χ0) is 24.9. The van der Waals surface area contributed by atoms with Gasteiger partial charge in [0.05, 0.1) is 37.4 Å². The summed E-state index contributed by atoms with van der Waals surface area (Å²) < 4.78 is 99.3. The zero-order valence-electron chi connectivity index (χ0n) is 16.9. The van der Waals surface area contributed by atoms with Crippen LogP contribution in [-0.2, 0) is 27.8 Å². The minimum absolute atomic E-state index is 0.00845. The Morgan fingerprint density at radius 1 is 1.06 bits per heavy atom. The van der Waals surface area contributed by atoms with Gasteiger partial charge in [0.25, 0.3) is 0 Å². The molecular formula is C19H12ClF6N5O2S. The molecule has 34 heavy (non-hydrogen) atoms. The van der Waals surface area contributed by atoms with Gasteiger partial charge in [-0.05, 0) is 30.3 Å². The van der Waals surface area contributed by atoms with Crippen LogP contribution in [0.2, 0.25) is 5.02 Å². The summed E-state index contributed by atoms with van der Waals surface area (Å²) in [6.45, 7) is 0. The quantitative estimate of drug-likeness (QED) is 0.306. The number of nitrogens with zero attached hydrogens (tertiary/aromatic N) is 5. The molecule has 180 valence electrons. The van der Waals surface area contributed by atoms with Crippen LogP contribution < -0.4 is 0 Å². The third-order valence-corrected chi connectivity index (χ3v) is 6.14. The van der Waals surface area contributed by atoms with E-state index in [4.69, 9.17) is 11.6 Å². The van der Waals surface area contributed by atoms with E-state index in [1.807, 2.05) is 0 Å². The Bertz CT molecular complexity index is 1500. The third-order valence-electron chi connectivity index (χ3n) is 4.40. The molecule has 0 N–H and O–H groups in total. The number of hydrogen-bond acceptors (Lipinski definition) is 6. The van der Waals surface area contributed by atoms with Crippen molar-refractivity contribution in [2.24, 2.45) is 4.36 Å². The molecule has 0 saturated heterocycles. The lowest BCUT2D eigenvalue weighted by Crippen LogP contribution is -2.05. The first kappa shape index (κ1) is 24.0. The van der Waals surface area contributed by atoms with Gasteiger partial charge in [0.15, 0.2) is 0 Å². The van der Waals surface area contributed by atoms with Gasteiger partial charge in [-0.25, -0.2) is 9.19 Å². The first-order valence-corrected chi connectivity index (χ1v) is 11.6. The van der Waals surface area contributed by atoms with Crippen molar-refractivity contribution in [2.45, 2.75) is 18.1 Å². The molecule has 3 heterocycles. The van der Waals surface area contributed by atoms with Crippen LogP contribution >= 0.6 is 11.6 Å². The minimum Gasteiger partial charge on any atom is -0.329 e. The summed E-state index contributed by atoms with van der Waals surface area (Å²) >= 11 is 5.68. The Morgan fingerprint density at radius 3 is 2.41 bits per heavy atom. The number of benzene rings is 1. The van der Waals surface area contributed by atoms with Gasteiger partial charge in [0, 0.05) is 24.2 Å². The van der Waals surface area contributed by atoms with Crippen LogP contribution in [0.4, 0.5) is 32.0 Å². The van der Waals surface area contributed by atoms with Crippen LogP contribution in [0, 0.1) is 0 Å². The molecule has 0 spiro atoms. The predicted octanol–water partition coefficient (Wildman–Crippen LogP) is 6.00. The van der Waals surface area contributed by atoms with Crippen molar-refractivity contribution in [3.05, 3.63) is 64.9 Å². The molecule has 0 radical (unpaired) electrons. The van der Waals surface area contributed by atoms with E-state index in [2.05, 4.69) is 24.0 Å². The maximum Gasteiger partial charge on any atom is 0.471 e. The second-order valence-corrected chi connectivity index (χ2v) is 9.99. The number of imidazole rings is 1. The molecule has 0 aliphatic heterocycles. The van der Waals surface area contributed by atoms with Crippen molar-refractivity contribution >= 4 is 32.7 Å². The molecular weight excluding hydrogens is 512 g/mol. The van der Waals surface area contributed by atoms with Crippen molar-refractivity contribution in [1.82, 2.24) is 19.5 Å². The molecule has 1 aromatic carbocycles. The molecule has 15 heteroatoms. The highest BCUT2D eigenvalue weighted by Crippen LogP contribution is 2.36. The monoisotopic (exact) mass is 523 g/mol. The zero-order valence-corrected chi connectivity index (χ0v) is 18.4. The predicted molar refractivity (Wildman–Crippen MR) is 110 cm³/mol. The van der Waals surface area contributed by atoms with Crippen LogP contribution in [0.1, 0.15) is 17.1 Å². The Kier molecular flexibility index (Phi) is 5.84. The molecule has 1 unspecified atom stereocenters. The van der Waals surface area contributed by atoms with Crippen molar-refractivity contribution in [3.8, 4) is 11.4 Å².